The van der Waals surface area contributed by atoms with Gasteiger partial charge in [0.25, 0.3) is 5.91 Å². The first-order chi connectivity index (χ1) is 16.4. The second-order valence-electron chi connectivity index (χ2n) is 6.97. The minimum Gasteiger partial charge on any atom is -0.493 e. The van der Waals surface area contributed by atoms with E-state index in [4.69, 9.17) is 13.9 Å². The van der Waals surface area contributed by atoms with Crippen LogP contribution in [-0.4, -0.2) is 48.0 Å². The van der Waals surface area contributed by atoms with E-state index in [1.165, 1.54) is 38.3 Å². The highest BCUT2D eigenvalue weighted by atomic mass is 32.2. The number of furan rings is 1. The zero-order valence-electron chi connectivity index (χ0n) is 19.2. The van der Waals surface area contributed by atoms with Gasteiger partial charge in [-0.15, -0.1) is 0 Å². The van der Waals surface area contributed by atoms with Crippen LogP contribution >= 0.6 is 11.8 Å². The van der Waals surface area contributed by atoms with Crippen LogP contribution < -0.4 is 14.9 Å². The minimum atomic E-state index is -0.559. The summed E-state index contributed by atoms with van der Waals surface area (Å²) < 4.78 is 21.1. The van der Waals surface area contributed by atoms with Crippen molar-refractivity contribution >= 4 is 29.9 Å². The number of amides is 1. The van der Waals surface area contributed by atoms with Gasteiger partial charge in [0.15, 0.2) is 16.7 Å². The summed E-state index contributed by atoms with van der Waals surface area (Å²) in [5.41, 5.74) is 4.88. The third kappa shape index (κ3) is 7.07. The molecule has 0 aliphatic heterocycles. The summed E-state index contributed by atoms with van der Waals surface area (Å²) in [6, 6.07) is 10.2. The molecule has 0 aliphatic carbocycles. The summed E-state index contributed by atoms with van der Waals surface area (Å²) in [6.45, 7) is 3.86. The topological polar surface area (TPSA) is 125 Å². The van der Waals surface area contributed by atoms with E-state index >= 15 is 0 Å². The smallest absolute Gasteiger partial charge is 0.373 e. The Labute approximate surface area is 200 Å². The van der Waals surface area contributed by atoms with Crippen LogP contribution in [0.1, 0.15) is 33.3 Å². The summed E-state index contributed by atoms with van der Waals surface area (Å²) in [7, 11) is 2.79. The summed E-state index contributed by atoms with van der Waals surface area (Å²) >= 11 is 1.24. The van der Waals surface area contributed by atoms with Crippen LogP contribution in [0.3, 0.4) is 0 Å². The molecule has 1 amide bonds. The number of hydrogen-bond donors (Lipinski definition) is 1. The van der Waals surface area contributed by atoms with Gasteiger partial charge in [0.05, 0.1) is 26.2 Å². The first-order valence-corrected chi connectivity index (χ1v) is 11.1. The lowest BCUT2D eigenvalue weighted by Crippen LogP contribution is -2.19. The number of carbonyl (C=O) groups is 2. The predicted molar refractivity (Wildman–Crippen MR) is 125 cm³/mol. The van der Waals surface area contributed by atoms with Crippen molar-refractivity contribution in [1.82, 2.24) is 15.4 Å². The van der Waals surface area contributed by atoms with Crippen LogP contribution in [-0.2, 0) is 16.1 Å². The number of carbonyl (C=O) groups excluding carboxylic acids is 2. The number of thioether (sulfide) groups is 1. The van der Waals surface area contributed by atoms with Gasteiger partial charge in [0.1, 0.15) is 12.4 Å². The second-order valence-corrected chi connectivity index (χ2v) is 7.91. The van der Waals surface area contributed by atoms with E-state index in [9.17, 15) is 9.59 Å². The fourth-order valence-corrected chi connectivity index (χ4v) is 3.54. The first-order valence-electron chi connectivity index (χ1n) is 10.1. The van der Waals surface area contributed by atoms with E-state index in [1.54, 1.807) is 24.3 Å². The fourth-order valence-electron chi connectivity index (χ4n) is 2.80. The predicted octanol–water partition coefficient (Wildman–Crippen LogP) is 3.30. The van der Waals surface area contributed by atoms with Gasteiger partial charge in [0.2, 0.25) is 5.76 Å². The third-order valence-corrected chi connectivity index (χ3v) is 5.15. The van der Waals surface area contributed by atoms with E-state index in [-0.39, 0.29) is 24.0 Å². The molecule has 0 spiro atoms. The molecule has 0 atom stereocenters. The Balaban J connectivity index is 1.52. The van der Waals surface area contributed by atoms with E-state index < -0.39 is 5.97 Å². The molecular weight excluding hydrogens is 460 g/mol. The zero-order chi connectivity index (χ0) is 24.5. The average molecular weight is 485 g/mol. The highest BCUT2D eigenvalue weighted by Gasteiger charge is 2.12. The molecule has 1 aromatic carbocycles. The van der Waals surface area contributed by atoms with Gasteiger partial charge in [-0.05, 0) is 55.8 Å². The molecule has 0 bridgehead atoms. The number of nitrogens with zero attached hydrogens (tertiary/aromatic N) is 3. The Morgan fingerprint density at radius 3 is 2.56 bits per heavy atom. The van der Waals surface area contributed by atoms with Crippen LogP contribution in [0.25, 0.3) is 0 Å². The normalized spacial score (nSPS) is 10.8. The monoisotopic (exact) mass is 484 g/mol. The Bertz CT molecular complexity index is 1170. The number of methoxy groups -OCH3 is 2. The largest absolute Gasteiger partial charge is 0.493 e. The molecule has 10 nitrogen and oxygen atoms in total. The number of rotatable bonds is 10. The van der Waals surface area contributed by atoms with Crippen molar-refractivity contribution < 1.29 is 28.2 Å². The molecule has 3 aromatic rings. The number of aryl methyl sites for hydroxylation is 2. The summed E-state index contributed by atoms with van der Waals surface area (Å²) in [4.78, 5) is 32.1. The van der Waals surface area contributed by atoms with Crippen molar-refractivity contribution in [1.29, 1.82) is 0 Å². The number of nitrogens with one attached hydrogen (secondary N) is 1. The maximum Gasteiger partial charge on any atom is 0.373 e. The minimum absolute atomic E-state index is 0.0959. The lowest BCUT2D eigenvalue weighted by atomic mass is 10.2. The third-order valence-electron chi connectivity index (χ3n) is 4.30. The van der Waals surface area contributed by atoms with Crippen molar-refractivity contribution in [3.05, 3.63) is 64.9 Å². The SMILES string of the molecule is COC(=O)c1ccc(COc2ccc(/C=N/NC(=O)CSc3nc(C)cc(C)n3)cc2OC)o1. The van der Waals surface area contributed by atoms with E-state index in [0.717, 1.165) is 11.4 Å². The van der Waals surface area contributed by atoms with Crippen molar-refractivity contribution in [2.75, 3.05) is 20.0 Å². The molecule has 34 heavy (non-hydrogen) atoms. The molecule has 178 valence electrons. The fraction of sp³-hybridized carbons (Fsp3) is 0.261. The van der Waals surface area contributed by atoms with Gasteiger partial charge in [0, 0.05) is 11.4 Å². The number of ether oxygens (including phenoxy) is 3. The number of aromatic nitrogens is 2. The number of esters is 1. The van der Waals surface area contributed by atoms with Gasteiger partial charge >= 0.3 is 5.97 Å². The van der Waals surface area contributed by atoms with Crippen molar-refractivity contribution in [3.63, 3.8) is 0 Å². The molecule has 0 saturated heterocycles. The summed E-state index contributed by atoms with van der Waals surface area (Å²) in [5.74, 6) is 0.807. The standard InChI is InChI=1S/C23H24N4O6S/c1-14-9-15(2)26-23(25-14)34-13-21(28)27-24-11-16-5-7-18(20(10-16)30-3)32-12-17-6-8-19(33-17)22(29)31-4/h5-11H,12-13H2,1-4H3,(H,27,28)/b24-11+. The number of hydrogen-bond acceptors (Lipinski definition) is 10. The van der Waals surface area contributed by atoms with Crippen LogP contribution in [0.4, 0.5) is 0 Å². The molecule has 3 rings (SSSR count). The molecular formula is C23H24N4O6S. The maximum atomic E-state index is 12.1. The van der Waals surface area contributed by atoms with Gasteiger partial charge in [-0.25, -0.2) is 20.2 Å². The Morgan fingerprint density at radius 1 is 1.09 bits per heavy atom. The van der Waals surface area contributed by atoms with Crippen molar-refractivity contribution in [2.45, 2.75) is 25.6 Å². The van der Waals surface area contributed by atoms with Gasteiger partial charge in [-0.1, -0.05) is 11.8 Å². The van der Waals surface area contributed by atoms with Gasteiger partial charge in [-0.3, -0.25) is 4.79 Å². The summed E-state index contributed by atoms with van der Waals surface area (Å²) in [6.07, 6.45) is 1.50. The molecule has 0 saturated carbocycles. The first kappa shape index (κ1) is 24.8. The molecule has 0 unspecified atom stereocenters. The van der Waals surface area contributed by atoms with Crippen LogP contribution in [0.2, 0.25) is 0 Å². The lowest BCUT2D eigenvalue weighted by Gasteiger charge is -2.10. The highest BCUT2D eigenvalue weighted by molar-refractivity contribution is 7.99. The van der Waals surface area contributed by atoms with E-state index in [2.05, 4.69) is 25.2 Å². The van der Waals surface area contributed by atoms with Crippen LogP contribution in [0, 0.1) is 13.8 Å². The Morgan fingerprint density at radius 2 is 1.85 bits per heavy atom. The van der Waals surface area contributed by atoms with Gasteiger partial charge < -0.3 is 18.6 Å². The molecule has 11 heteroatoms. The molecule has 1 N–H and O–H groups in total. The summed E-state index contributed by atoms with van der Waals surface area (Å²) in [5, 5.41) is 4.53. The van der Waals surface area contributed by atoms with Crippen molar-refractivity contribution in [2.24, 2.45) is 5.10 Å². The highest BCUT2D eigenvalue weighted by Crippen LogP contribution is 2.28. The van der Waals surface area contributed by atoms with E-state index in [0.29, 0.717) is 28.0 Å². The number of benzene rings is 1. The van der Waals surface area contributed by atoms with E-state index in [1.807, 2.05) is 19.9 Å². The number of hydrazone groups is 1. The Kier molecular flexibility index (Phi) is 8.63. The van der Waals surface area contributed by atoms with Crippen LogP contribution in [0.5, 0.6) is 11.5 Å². The Hall–Kier alpha value is -3.86. The van der Waals surface area contributed by atoms with Gasteiger partial charge in [-0.2, -0.15) is 5.10 Å². The molecule has 2 aromatic heterocycles. The zero-order valence-corrected chi connectivity index (χ0v) is 20.0. The second kappa shape index (κ2) is 11.8. The quantitative estimate of drug-likeness (QED) is 0.152. The van der Waals surface area contributed by atoms with Crippen molar-refractivity contribution in [3.8, 4) is 11.5 Å². The lowest BCUT2D eigenvalue weighted by molar-refractivity contribution is -0.118. The molecule has 0 fully saturated rings. The maximum absolute atomic E-state index is 12.1. The average Bonchev–Trinajstić information content (AvgIpc) is 3.29. The van der Waals surface area contributed by atoms with Crippen LogP contribution in [0.15, 0.2) is 51.1 Å². The molecule has 0 radical (unpaired) electrons. The molecule has 0 aliphatic rings. The molecule has 2 heterocycles.